The van der Waals surface area contributed by atoms with Crippen LogP contribution in [0.4, 0.5) is 0 Å². The summed E-state index contributed by atoms with van der Waals surface area (Å²) < 4.78 is 0. The van der Waals surface area contributed by atoms with E-state index in [1.165, 1.54) is 0 Å². The minimum absolute atomic E-state index is 0. The number of carboxylic acid groups (broad SMARTS) is 2. The molecule has 0 amide bonds. The molecule has 0 unspecified atom stereocenters. The molecule has 29 heavy (non-hydrogen) atoms. The Morgan fingerprint density at radius 1 is 0.621 bits per heavy atom. The van der Waals surface area contributed by atoms with Crippen LogP contribution in [0, 0.1) is 13.8 Å². The molecule has 4 rings (SSSR count). The van der Waals surface area contributed by atoms with Gasteiger partial charge in [-0.2, -0.15) is 0 Å². The van der Waals surface area contributed by atoms with Crippen LogP contribution in [0.5, 0.6) is 0 Å². The van der Waals surface area contributed by atoms with Gasteiger partial charge in [-0.1, -0.05) is 48.5 Å². The number of hydrogen-bond donors (Lipinski definition) is 2. The predicted octanol–water partition coefficient (Wildman–Crippen LogP) is 5.69. The van der Waals surface area contributed by atoms with Crippen molar-refractivity contribution in [2.24, 2.45) is 0 Å². The van der Waals surface area contributed by atoms with E-state index in [0.717, 1.165) is 32.7 Å². The molecule has 142 valence electrons. The van der Waals surface area contributed by atoms with E-state index in [2.05, 4.69) is 0 Å². The molecule has 0 saturated carbocycles. The molecular formula is C24H20CdO4. The summed E-state index contributed by atoms with van der Waals surface area (Å²) in [6.45, 7) is 3.96. The first-order chi connectivity index (χ1) is 13.4. The molecule has 4 aromatic carbocycles. The number of carbonyl (C=O) groups is 2. The number of carboxylic acids is 2. The van der Waals surface area contributed by atoms with E-state index in [9.17, 15) is 9.59 Å². The molecule has 0 radical (unpaired) electrons. The summed E-state index contributed by atoms with van der Waals surface area (Å²) in [5, 5.41) is 21.8. The summed E-state index contributed by atoms with van der Waals surface area (Å²) in [6, 6.07) is 22.2. The van der Waals surface area contributed by atoms with Crippen LogP contribution in [-0.4, -0.2) is 22.2 Å². The van der Waals surface area contributed by atoms with Crippen molar-refractivity contribution in [3.8, 4) is 0 Å². The summed E-state index contributed by atoms with van der Waals surface area (Å²) in [5.41, 5.74) is 2.88. The number of rotatable bonds is 2. The Bertz CT molecular complexity index is 1100. The Morgan fingerprint density at radius 3 is 1.34 bits per heavy atom. The maximum atomic E-state index is 10.8. The fraction of sp³-hybridized carbons (Fsp3) is 0.0833. The van der Waals surface area contributed by atoms with Crippen LogP contribution in [0.15, 0.2) is 72.8 Å². The predicted molar refractivity (Wildman–Crippen MR) is 111 cm³/mol. The van der Waals surface area contributed by atoms with E-state index >= 15 is 0 Å². The Labute approximate surface area is 189 Å². The molecule has 0 saturated heterocycles. The van der Waals surface area contributed by atoms with Gasteiger partial charge in [-0.15, -0.1) is 0 Å². The zero-order valence-corrected chi connectivity index (χ0v) is 20.4. The minimum atomic E-state index is -0.879. The van der Waals surface area contributed by atoms with Gasteiger partial charge in [0, 0.05) is 27.3 Å². The number of benzene rings is 4. The van der Waals surface area contributed by atoms with Crippen molar-refractivity contribution in [1.29, 1.82) is 0 Å². The molecule has 4 aromatic rings. The third kappa shape index (κ3) is 5.20. The van der Waals surface area contributed by atoms with Crippen molar-refractivity contribution in [1.82, 2.24) is 0 Å². The quantitative estimate of drug-likeness (QED) is 0.358. The Kier molecular flexibility index (Phi) is 7.50. The van der Waals surface area contributed by atoms with Crippen molar-refractivity contribution in [3.63, 3.8) is 0 Å². The first-order valence-corrected chi connectivity index (χ1v) is 8.82. The van der Waals surface area contributed by atoms with Crippen LogP contribution >= 0.6 is 0 Å². The monoisotopic (exact) mass is 486 g/mol. The molecule has 5 heteroatoms. The first kappa shape index (κ1) is 22.6. The van der Waals surface area contributed by atoms with Crippen LogP contribution in [0.2, 0.25) is 0 Å². The molecule has 0 spiro atoms. The van der Waals surface area contributed by atoms with Crippen LogP contribution in [0.3, 0.4) is 0 Å². The van der Waals surface area contributed by atoms with Gasteiger partial charge >= 0.3 is 11.9 Å². The number of aryl methyl sites for hydroxylation is 2. The van der Waals surface area contributed by atoms with E-state index < -0.39 is 11.9 Å². The molecule has 0 bridgehead atoms. The van der Waals surface area contributed by atoms with Crippen LogP contribution in [0.1, 0.15) is 31.8 Å². The summed E-state index contributed by atoms with van der Waals surface area (Å²) in [4.78, 5) is 21.5. The van der Waals surface area contributed by atoms with Crippen molar-refractivity contribution in [2.45, 2.75) is 13.8 Å². The van der Waals surface area contributed by atoms with Gasteiger partial charge in [0.25, 0.3) is 0 Å². The number of fused-ring (bicyclic) bond motifs is 2. The number of hydrogen-bond acceptors (Lipinski definition) is 2. The molecule has 0 aliphatic heterocycles. The molecule has 0 aliphatic carbocycles. The van der Waals surface area contributed by atoms with Crippen LogP contribution in [-0.2, 0) is 27.3 Å². The average Bonchev–Trinajstić information content (AvgIpc) is 2.68. The van der Waals surface area contributed by atoms with Gasteiger partial charge in [0.15, 0.2) is 0 Å². The summed E-state index contributed by atoms with van der Waals surface area (Å²) in [5.74, 6) is -1.76. The molecule has 0 fully saturated rings. The maximum Gasteiger partial charge on any atom is 0.335 e. The third-order valence-electron chi connectivity index (χ3n) is 4.69. The maximum absolute atomic E-state index is 10.8. The SMILES string of the molecule is Cc1cccc2ccc(C(=O)O)cc12.Cc1cccc2ccc(C(=O)O)cc12.[Cd]. The van der Waals surface area contributed by atoms with Gasteiger partial charge < -0.3 is 10.2 Å². The van der Waals surface area contributed by atoms with Gasteiger partial charge in [0.1, 0.15) is 0 Å². The van der Waals surface area contributed by atoms with E-state index in [1.807, 2.05) is 62.4 Å². The van der Waals surface area contributed by atoms with Crippen LogP contribution in [0.25, 0.3) is 21.5 Å². The van der Waals surface area contributed by atoms with Crippen molar-refractivity contribution < 1.29 is 47.1 Å². The van der Waals surface area contributed by atoms with Gasteiger partial charge in [0.05, 0.1) is 11.1 Å². The Balaban J connectivity index is 0.000000200. The van der Waals surface area contributed by atoms with E-state index in [-0.39, 0.29) is 27.3 Å². The van der Waals surface area contributed by atoms with Crippen LogP contribution < -0.4 is 0 Å². The Hall–Kier alpha value is -2.74. The normalized spacial score (nSPS) is 10.0. The van der Waals surface area contributed by atoms with Gasteiger partial charge in [-0.3, -0.25) is 0 Å². The van der Waals surface area contributed by atoms with E-state index in [1.54, 1.807) is 24.3 Å². The second kappa shape index (κ2) is 9.65. The molecule has 2 N–H and O–H groups in total. The van der Waals surface area contributed by atoms with Crippen molar-refractivity contribution >= 4 is 33.5 Å². The molecular weight excluding hydrogens is 465 g/mol. The van der Waals surface area contributed by atoms with E-state index in [0.29, 0.717) is 11.1 Å². The molecule has 0 heterocycles. The second-order valence-corrected chi connectivity index (χ2v) is 6.63. The van der Waals surface area contributed by atoms with Gasteiger partial charge in [0.2, 0.25) is 0 Å². The number of aromatic carboxylic acids is 2. The first-order valence-electron chi connectivity index (χ1n) is 8.82. The molecule has 0 aliphatic rings. The fourth-order valence-electron chi connectivity index (χ4n) is 3.12. The Morgan fingerprint density at radius 2 is 1.00 bits per heavy atom. The zero-order chi connectivity index (χ0) is 20.3. The minimum Gasteiger partial charge on any atom is -0.478 e. The summed E-state index contributed by atoms with van der Waals surface area (Å²) in [7, 11) is 0. The van der Waals surface area contributed by atoms with Crippen molar-refractivity contribution in [2.75, 3.05) is 0 Å². The third-order valence-corrected chi connectivity index (χ3v) is 4.69. The molecule has 0 atom stereocenters. The summed E-state index contributed by atoms with van der Waals surface area (Å²) in [6.07, 6.45) is 0. The van der Waals surface area contributed by atoms with Gasteiger partial charge in [-0.05, 0) is 70.8 Å². The molecule has 4 nitrogen and oxygen atoms in total. The average molecular weight is 485 g/mol. The zero-order valence-electron chi connectivity index (χ0n) is 16.3. The standard InChI is InChI=1S/2C12H10O2.Cd/c2*1-8-3-2-4-9-5-6-10(12(13)14)7-11(8)9;/h2*2-7H,1H3,(H,13,14);. The van der Waals surface area contributed by atoms with Gasteiger partial charge in [-0.25, -0.2) is 9.59 Å². The van der Waals surface area contributed by atoms with E-state index in [4.69, 9.17) is 10.2 Å². The van der Waals surface area contributed by atoms with Crippen molar-refractivity contribution in [3.05, 3.63) is 95.1 Å². The summed E-state index contributed by atoms with van der Waals surface area (Å²) >= 11 is 0. The topological polar surface area (TPSA) is 74.6 Å². The largest absolute Gasteiger partial charge is 0.478 e. The smallest absolute Gasteiger partial charge is 0.335 e. The fourth-order valence-corrected chi connectivity index (χ4v) is 3.12. The second-order valence-electron chi connectivity index (χ2n) is 6.63. The molecule has 0 aromatic heterocycles.